The van der Waals surface area contributed by atoms with E-state index in [-0.39, 0.29) is 5.91 Å². The van der Waals surface area contributed by atoms with E-state index in [0.717, 1.165) is 67.5 Å². The van der Waals surface area contributed by atoms with Crippen LogP contribution in [0.15, 0.2) is 55.0 Å². The molecule has 2 aliphatic rings. The van der Waals surface area contributed by atoms with Crippen LogP contribution in [0.2, 0.25) is 0 Å². The van der Waals surface area contributed by atoms with Gasteiger partial charge in [0.1, 0.15) is 5.82 Å². The fourth-order valence-corrected chi connectivity index (χ4v) is 5.51. The lowest BCUT2D eigenvalue weighted by Gasteiger charge is -2.22. The number of ether oxygens (including phenoxy) is 1. The number of aromatic nitrogens is 4. The molecule has 0 spiro atoms. The normalized spacial score (nSPS) is 18.8. The summed E-state index contributed by atoms with van der Waals surface area (Å²) in [6.07, 6.45) is 10.6. The predicted molar refractivity (Wildman–Crippen MR) is 148 cm³/mol. The van der Waals surface area contributed by atoms with Crippen LogP contribution in [0.1, 0.15) is 47.8 Å². The summed E-state index contributed by atoms with van der Waals surface area (Å²) < 4.78 is 7.90. The third-order valence-electron chi connectivity index (χ3n) is 7.72. The number of nitrogens with one attached hydrogen (secondary N) is 3. The van der Waals surface area contributed by atoms with Gasteiger partial charge < -0.3 is 20.4 Å². The monoisotopic (exact) mass is 513 g/mol. The number of benzene rings is 1. The molecule has 1 amide bonds. The largest absolute Gasteiger partial charge is 0.376 e. The number of H-pyrrole nitrogens is 1. The van der Waals surface area contributed by atoms with Gasteiger partial charge in [-0.25, -0.2) is 4.98 Å². The van der Waals surface area contributed by atoms with E-state index in [0.29, 0.717) is 30.1 Å². The summed E-state index contributed by atoms with van der Waals surface area (Å²) in [6, 6.07) is 12.1. The van der Waals surface area contributed by atoms with Crippen LogP contribution in [0.25, 0.3) is 22.0 Å². The average Bonchev–Trinajstić information content (AvgIpc) is 3.69. The number of likely N-dealkylation sites (tertiary alicyclic amines) is 1. The minimum Gasteiger partial charge on any atom is -0.376 e. The summed E-state index contributed by atoms with van der Waals surface area (Å²) >= 11 is 0. The molecule has 1 atom stereocenters. The van der Waals surface area contributed by atoms with E-state index in [9.17, 15) is 4.79 Å². The number of aromatic amines is 1. The molecule has 0 bridgehead atoms. The lowest BCUT2D eigenvalue weighted by Crippen LogP contribution is -2.33. The van der Waals surface area contributed by atoms with Gasteiger partial charge in [0.15, 0.2) is 0 Å². The summed E-state index contributed by atoms with van der Waals surface area (Å²) in [5.74, 6) is 0.351. The Morgan fingerprint density at radius 2 is 1.95 bits per heavy atom. The minimum absolute atomic E-state index is 0.184. The molecule has 3 N–H and O–H groups in total. The van der Waals surface area contributed by atoms with Crippen LogP contribution in [0.3, 0.4) is 0 Å². The molecule has 198 valence electrons. The first-order valence-electron chi connectivity index (χ1n) is 13.6. The average molecular weight is 514 g/mol. The van der Waals surface area contributed by atoms with E-state index >= 15 is 0 Å². The highest BCUT2D eigenvalue weighted by molar-refractivity contribution is 6.04. The Morgan fingerprint density at radius 1 is 1.11 bits per heavy atom. The van der Waals surface area contributed by atoms with Crippen molar-refractivity contribution in [2.45, 2.75) is 44.4 Å². The summed E-state index contributed by atoms with van der Waals surface area (Å²) in [4.78, 5) is 23.3. The van der Waals surface area contributed by atoms with Gasteiger partial charge in [0, 0.05) is 46.7 Å². The first-order valence-corrected chi connectivity index (χ1v) is 13.6. The van der Waals surface area contributed by atoms with Crippen molar-refractivity contribution in [3.05, 3.63) is 66.2 Å². The Labute approximate surface area is 222 Å². The first-order chi connectivity index (χ1) is 18.6. The highest BCUT2D eigenvalue weighted by atomic mass is 16.5. The number of fused-ring (bicyclic) bond motifs is 1. The summed E-state index contributed by atoms with van der Waals surface area (Å²) in [7, 11) is 2.16. The molecule has 1 aromatic carbocycles. The Hall–Kier alpha value is -3.53. The van der Waals surface area contributed by atoms with Crippen molar-refractivity contribution in [2.24, 2.45) is 0 Å². The van der Waals surface area contributed by atoms with Crippen LogP contribution in [0.4, 0.5) is 5.82 Å². The number of carbonyl (C=O) groups excluding carboxylic acids is 1. The minimum atomic E-state index is -0.184. The Kier molecular flexibility index (Phi) is 7.22. The maximum atomic E-state index is 12.9. The molecular weight excluding hydrogens is 478 g/mol. The van der Waals surface area contributed by atoms with Crippen molar-refractivity contribution < 1.29 is 9.53 Å². The molecular formula is C29H35N7O2. The van der Waals surface area contributed by atoms with E-state index in [2.05, 4.69) is 43.7 Å². The van der Waals surface area contributed by atoms with Gasteiger partial charge in [-0.05, 0) is 76.1 Å². The van der Waals surface area contributed by atoms with Gasteiger partial charge in [-0.1, -0.05) is 12.1 Å². The Morgan fingerprint density at radius 3 is 2.74 bits per heavy atom. The molecule has 0 aliphatic carbocycles. The molecule has 4 aromatic rings. The van der Waals surface area contributed by atoms with Crippen LogP contribution in [-0.2, 0) is 11.3 Å². The number of carbonyl (C=O) groups is 1. The molecule has 2 saturated heterocycles. The standard InChI is InChI=1S/C29H35N7O2/c1-35-12-2-3-27(35)26-15-22-17-31-28(16-25(22)33-26)34-29(37)21-6-4-20(5-7-21)23-18-32-36(19-23)13-14-38-24-8-10-30-11-9-24/h4-7,15-19,24,27,30,33H,2-3,8-14H2,1H3,(H,31,34,37)/t27-/m1/s1. The molecule has 0 radical (unpaired) electrons. The van der Waals surface area contributed by atoms with E-state index in [4.69, 9.17) is 4.74 Å². The van der Waals surface area contributed by atoms with Crippen molar-refractivity contribution in [3.8, 4) is 11.1 Å². The van der Waals surface area contributed by atoms with Gasteiger partial charge in [0.05, 0.1) is 31.0 Å². The molecule has 38 heavy (non-hydrogen) atoms. The van der Waals surface area contributed by atoms with Gasteiger partial charge in [-0.2, -0.15) is 5.10 Å². The van der Waals surface area contributed by atoms with Crippen LogP contribution in [0, 0.1) is 0 Å². The lowest BCUT2D eigenvalue weighted by molar-refractivity contribution is 0.0272. The molecule has 6 rings (SSSR count). The highest BCUT2D eigenvalue weighted by Gasteiger charge is 2.24. The fraction of sp³-hybridized carbons (Fsp3) is 0.414. The summed E-state index contributed by atoms with van der Waals surface area (Å²) in [5, 5.41) is 11.8. The van der Waals surface area contributed by atoms with Crippen LogP contribution < -0.4 is 10.6 Å². The van der Waals surface area contributed by atoms with E-state index < -0.39 is 0 Å². The van der Waals surface area contributed by atoms with Gasteiger partial charge >= 0.3 is 0 Å². The SMILES string of the molecule is CN1CCC[C@@H]1c1cc2cnc(NC(=O)c3ccc(-c4cnn(CCOC5CCNCC5)c4)cc3)cc2[nH]1. The number of hydrogen-bond acceptors (Lipinski definition) is 6. The maximum Gasteiger partial charge on any atom is 0.256 e. The van der Waals surface area contributed by atoms with Crippen molar-refractivity contribution in [1.29, 1.82) is 0 Å². The topological polar surface area (TPSA) is 100 Å². The molecule has 2 aliphatic heterocycles. The number of anilines is 1. The lowest BCUT2D eigenvalue weighted by atomic mass is 10.1. The van der Waals surface area contributed by atoms with Crippen molar-refractivity contribution >= 4 is 22.6 Å². The van der Waals surface area contributed by atoms with Crippen molar-refractivity contribution in [1.82, 2.24) is 30.0 Å². The Bertz CT molecular complexity index is 1390. The number of pyridine rings is 1. The summed E-state index contributed by atoms with van der Waals surface area (Å²) in [5.41, 5.74) is 4.81. The van der Waals surface area contributed by atoms with Crippen LogP contribution >= 0.6 is 0 Å². The second-order valence-electron chi connectivity index (χ2n) is 10.4. The third kappa shape index (κ3) is 5.50. The molecule has 9 nitrogen and oxygen atoms in total. The summed E-state index contributed by atoms with van der Waals surface area (Å²) in [6.45, 7) is 4.56. The fourth-order valence-electron chi connectivity index (χ4n) is 5.51. The first kappa shape index (κ1) is 24.8. The predicted octanol–water partition coefficient (Wildman–Crippen LogP) is 4.21. The smallest absolute Gasteiger partial charge is 0.256 e. The zero-order valence-electron chi connectivity index (χ0n) is 21.8. The Balaban J connectivity index is 1.06. The number of piperidine rings is 1. The molecule has 0 saturated carbocycles. The highest BCUT2D eigenvalue weighted by Crippen LogP contribution is 2.32. The van der Waals surface area contributed by atoms with Crippen molar-refractivity contribution in [2.75, 3.05) is 38.6 Å². The molecule has 5 heterocycles. The number of amides is 1. The number of nitrogens with zero attached hydrogens (tertiary/aromatic N) is 4. The quantitative estimate of drug-likeness (QED) is 0.326. The van der Waals surface area contributed by atoms with Crippen LogP contribution in [0.5, 0.6) is 0 Å². The van der Waals surface area contributed by atoms with Gasteiger partial charge in [-0.15, -0.1) is 0 Å². The second-order valence-corrected chi connectivity index (χ2v) is 10.4. The molecule has 2 fully saturated rings. The zero-order valence-corrected chi connectivity index (χ0v) is 21.8. The van der Waals surface area contributed by atoms with E-state index in [1.165, 1.54) is 12.1 Å². The second kappa shape index (κ2) is 11.1. The van der Waals surface area contributed by atoms with Gasteiger partial charge in [0.25, 0.3) is 5.91 Å². The van der Waals surface area contributed by atoms with Crippen molar-refractivity contribution in [3.63, 3.8) is 0 Å². The van der Waals surface area contributed by atoms with E-state index in [1.807, 2.05) is 53.6 Å². The van der Waals surface area contributed by atoms with Gasteiger partial charge in [-0.3, -0.25) is 14.4 Å². The number of hydrogen-bond donors (Lipinski definition) is 3. The van der Waals surface area contributed by atoms with E-state index in [1.54, 1.807) is 0 Å². The number of rotatable bonds is 8. The van der Waals surface area contributed by atoms with Crippen LogP contribution in [-0.4, -0.2) is 69.9 Å². The third-order valence-corrected chi connectivity index (χ3v) is 7.72. The van der Waals surface area contributed by atoms with Gasteiger partial charge in [0.2, 0.25) is 0 Å². The molecule has 0 unspecified atom stereocenters. The zero-order chi connectivity index (χ0) is 25.9. The molecule has 3 aromatic heterocycles. The maximum absolute atomic E-state index is 12.9. The molecule has 9 heteroatoms.